The highest BCUT2D eigenvalue weighted by Crippen LogP contribution is 2.29. The zero-order chi connectivity index (χ0) is 14.7. The van der Waals surface area contributed by atoms with Crippen molar-refractivity contribution in [1.29, 1.82) is 0 Å². The van der Waals surface area contributed by atoms with Gasteiger partial charge in [0.05, 0.1) is 12.2 Å². The van der Waals surface area contributed by atoms with Gasteiger partial charge < -0.3 is 16.2 Å². The molecule has 104 valence electrons. The van der Waals surface area contributed by atoms with Crippen LogP contribution in [0.25, 0.3) is 11.1 Å². The third-order valence-corrected chi connectivity index (χ3v) is 2.81. The van der Waals surface area contributed by atoms with Crippen LogP contribution in [0.15, 0.2) is 24.3 Å². The van der Waals surface area contributed by atoms with Crippen LogP contribution in [0.4, 0.5) is 11.8 Å². The van der Waals surface area contributed by atoms with Gasteiger partial charge in [0.2, 0.25) is 5.95 Å². The number of esters is 1. The van der Waals surface area contributed by atoms with Gasteiger partial charge in [0.15, 0.2) is 5.69 Å². The number of hydrogen-bond donors (Lipinski definition) is 2. The minimum absolute atomic E-state index is 0.0409. The Labute approximate surface area is 120 Å². The maximum Gasteiger partial charge on any atom is 0.357 e. The normalized spacial score (nSPS) is 10.3. The van der Waals surface area contributed by atoms with Crippen molar-refractivity contribution in [3.63, 3.8) is 0 Å². The summed E-state index contributed by atoms with van der Waals surface area (Å²) in [6, 6.07) is 6.80. The maximum atomic E-state index is 12.0. The SMILES string of the molecule is CCOC(=O)c1nc(N)nc(N)c1-c1ccc(Cl)cc1. The van der Waals surface area contributed by atoms with Crippen molar-refractivity contribution in [2.45, 2.75) is 6.92 Å². The molecule has 2 aromatic rings. The second-order valence-corrected chi connectivity index (χ2v) is 4.35. The molecule has 2 rings (SSSR count). The van der Waals surface area contributed by atoms with E-state index in [1.807, 2.05) is 0 Å². The second kappa shape index (κ2) is 5.75. The molecule has 0 aliphatic heterocycles. The predicted molar refractivity (Wildman–Crippen MR) is 77.3 cm³/mol. The first-order valence-corrected chi connectivity index (χ1v) is 6.26. The molecule has 7 heteroatoms. The second-order valence-electron chi connectivity index (χ2n) is 3.92. The number of nitrogens with two attached hydrogens (primary N) is 2. The van der Waals surface area contributed by atoms with E-state index in [4.69, 9.17) is 27.8 Å². The van der Waals surface area contributed by atoms with E-state index >= 15 is 0 Å². The fourth-order valence-corrected chi connectivity index (χ4v) is 1.87. The Morgan fingerprint density at radius 1 is 1.25 bits per heavy atom. The van der Waals surface area contributed by atoms with E-state index in [1.54, 1.807) is 31.2 Å². The van der Waals surface area contributed by atoms with Gasteiger partial charge in [-0.15, -0.1) is 0 Å². The van der Waals surface area contributed by atoms with Crippen molar-refractivity contribution >= 4 is 29.3 Å². The first-order valence-electron chi connectivity index (χ1n) is 5.89. The van der Waals surface area contributed by atoms with Crippen molar-refractivity contribution in [1.82, 2.24) is 9.97 Å². The summed E-state index contributed by atoms with van der Waals surface area (Å²) in [5, 5.41) is 0.571. The van der Waals surface area contributed by atoms with Gasteiger partial charge in [-0.05, 0) is 24.6 Å². The Morgan fingerprint density at radius 2 is 1.90 bits per heavy atom. The van der Waals surface area contributed by atoms with Crippen LogP contribution >= 0.6 is 11.6 Å². The molecule has 1 heterocycles. The van der Waals surface area contributed by atoms with E-state index < -0.39 is 5.97 Å². The van der Waals surface area contributed by atoms with Crippen LogP contribution in [0.3, 0.4) is 0 Å². The number of rotatable bonds is 3. The van der Waals surface area contributed by atoms with Gasteiger partial charge in [-0.1, -0.05) is 23.7 Å². The number of anilines is 2. The van der Waals surface area contributed by atoms with Crippen molar-refractivity contribution in [3.05, 3.63) is 35.0 Å². The molecule has 0 amide bonds. The number of carbonyl (C=O) groups is 1. The van der Waals surface area contributed by atoms with E-state index in [0.717, 1.165) is 0 Å². The zero-order valence-corrected chi connectivity index (χ0v) is 11.5. The first-order chi connectivity index (χ1) is 9.52. The Morgan fingerprint density at radius 3 is 2.50 bits per heavy atom. The fourth-order valence-electron chi connectivity index (χ4n) is 1.74. The van der Waals surface area contributed by atoms with Crippen LogP contribution < -0.4 is 11.5 Å². The Kier molecular flexibility index (Phi) is 4.05. The van der Waals surface area contributed by atoms with Gasteiger partial charge in [-0.3, -0.25) is 0 Å². The molecule has 0 bridgehead atoms. The predicted octanol–water partition coefficient (Wildman–Crippen LogP) is 2.14. The number of nitrogens with zero attached hydrogens (tertiary/aromatic N) is 2. The molecule has 0 atom stereocenters. The molecular weight excluding hydrogens is 280 g/mol. The molecule has 0 saturated heterocycles. The van der Waals surface area contributed by atoms with Crippen molar-refractivity contribution in [2.75, 3.05) is 18.1 Å². The third-order valence-electron chi connectivity index (χ3n) is 2.56. The number of aromatic nitrogens is 2. The van der Waals surface area contributed by atoms with Gasteiger partial charge >= 0.3 is 5.97 Å². The number of nitrogen functional groups attached to an aromatic ring is 2. The van der Waals surface area contributed by atoms with E-state index in [9.17, 15) is 4.79 Å². The molecule has 0 saturated carbocycles. The lowest BCUT2D eigenvalue weighted by Crippen LogP contribution is -2.14. The lowest BCUT2D eigenvalue weighted by atomic mass is 10.0. The number of carbonyl (C=O) groups excluding carboxylic acids is 1. The molecule has 0 aliphatic carbocycles. The highest BCUT2D eigenvalue weighted by molar-refractivity contribution is 6.30. The van der Waals surface area contributed by atoms with Crippen molar-refractivity contribution < 1.29 is 9.53 Å². The Balaban J connectivity index is 2.61. The molecule has 4 N–H and O–H groups in total. The van der Waals surface area contributed by atoms with Crippen LogP contribution in [0.1, 0.15) is 17.4 Å². The Hall–Kier alpha value is -2.34. The summed E-state index contributed by atoms with van der Waals surface area (Å²) in [5.74, 6) is -0.565. The van der Waals surface area contributed by atoms with E-state index in [0.29, 0.717) is 16.1 Å². The number of benzene rings is 1. The molecule has 0 aliphatic rings. The molecule has 1 aromatic heterocycles. The minimum Gasteiger partial charge on any atom is -0.461 e. The molecule has 6 nitrogen and oxygen atoms in total. The van der Waals surface area contributed by atoms with Gasteiger partial charge in [0, 0.05) is 5.02 Å². The minimum atomic E-state index is -0.599. The average molecular weight is 293 g/mol. The molecule has 20 heavy (non-hydrogen) atoms. The average Bonchev–Trinajstić information content (AvgIpc) is 2.39. The summed E-state index contributed by atoms with van der Waals surface area (Å²) < 4.78 is 4.96. The number of ether oxygens (including phenoxy) is 1. The molecular formula is C13H13ClN4O2. The third kappa shape index (κ3) is 2.80. The van der Waals surface area contributed by atoms with Gasteiger partial charge in [0.1, 0.15) is 5.82 Å². The highest BCUT2D eigenvalue weighted by Gasteiger charge is 2.20. The van der Waals surface area contributed by atoms with Crippen molar-refractivity contribution in [2.24, 2.45) is 0 Å². The summed E-state index contributed by atoms with van der Waals surface area (Å²) in [4.78, 5) is 19.8. The topological polar surface area (TPSA) is 104 Å². The van der Waals surface area contributed by atoms with Gasteiger partial charge in [-0.2, -0.15) is 4.98 Å². The van der Waals surface area contributed by atoms with Gasteiger partial charge in [-0.25, -0.2) is 9.78 Å². The van der Waals surface area contributed by atoms with Crippen LogP contribution in [0.2, 0.25) is 5.02 Å². The number of hydrogen-bond acceptors (Lipinski definition) is 6. The quantitative estimate of drug-likeness (QED) is 0.840. The molecule has 0 unspecified atom stereocenters. The Bertz CT molecular complexity index is 644. The maximum absolute atomic E-state index is 12.0. The van der Waals surface area contributed by atoms with E-state index in [2.05, 4.69) is 9.97 Å². The molecule has 1 aromatic carbocycles. The largest absolute Gasteiger partial charge is 0.461 e. The standard InChI is InChI=1S/C13H13ClN4O2/c1-2-20-12(19)10-9(11(15)18-13(16)17-10)7-3-5-8(14)6-4-7/h3-6H,2H2,1H3,(H4,15,16,17,18). The van der Waals surface area contributed by atoms with E-state index in [1.165, 1.54) is 0 Å². The first kappa shape index (κ1) is 14.1. The smallest absolute Gasteiger partial charge is 0.357 e. The fraction of sp³-hybridized carbons (Fsp3) is 0.154. The monoisotopic (exact) mass is 292 g/mol. The van der Waals surface area contributed by atoms with Crippen LogP contribution in [-0.4, -0.2) is 22.5 Å². The van der Waals surface area contributed by atoms with Crippen LogP contribution in [0, 0.1) is 0 Å². The van der Waals surface area contributed by atoms with Crippen LogP contribution in [-0.2, 0) is 4.74 Å². The van der Waals surface area contributed by atoms with E-state index in [-0.39, 0.29) is 24.1 Å². The van der Waals surface area contributed by atoms with Crippen molar-refractivity contribution in [3.8, 4) is 11.1 Å². The number of halogens is 1. The summed E-state index contributed by atoms with van der Waals surface area (Å²) in [5.41, 5.74) is 12.5. The summed E-state index contributed by atoms with van der Waals surface area (Å²) in [7, 11) is 0. The molecule has 0 spiro atoms. The summed E-state index contributed by atoms with van der Waals surface area (Å²) in [6.45, 7) is 1.93. The molecule has 0 fully saturated rings. The molecule has 0 radical (unpaired) electrons. The lowest BCUT2D eigenvalue weighted by Gasteiger charge is -2.11. The van der Waals surface area contributed by atoms with Crippen LogP contribution in [0.5, 0.6) is 0 Å². The highest BCUT2D eigenvalue weighted by atomic mass is 35.5. The van der Waals surface area contributed by atoms with Gasteiger partial charge in [0.25, 0.3) is 0 Å². The zero-order valence-electron chi connectivity index (χ0n) is 10.8. The summed E-state index contributed by atoms with van der Waals surface area (Å²) in [6.07, 6.45) is 0. The lowest BCUT2D eigenvalue weighted by molar-refractivity contribution is 0.0520. The summed E-state index contributed by atoms with van der Waals surface area (Å²) >= 11 is 5.84.